The maximum absolute atomic E-state index is 12.2. The van der Waals surface area contributed by atoms with Crippen LogP contribution in [0.5, 0.6) is 0 Å². The Labute approximate surface area is 118 Å². The molecular weight excluding hydrogens is 254 g/mol. The Morgan fingerprint density at radius 3 is 2.90 bits per heavy atom. The second-order valence-corrected chi connectivity index (χ2v) is 4.48. The molecule has 0 bridgehead atoms. The minimum atomic E-state index is -0.118. The first-order valence-electron chi connectivity index (χ1n) is 6.65. The van der Waals surface area contributed by atoms with Crippen LogP contribution in [0.3, 0.4) is 0 Å². The van der Waals surface area contributed by atoms with Gasteiger partial charge in [0, 0.05) is 26.0 Å². The highest BCUT2D eigenvalue weighted by molar-refractivity contribution is 5.99. The van der Waals surface area contributed by atoms with Crippen molar-refractivity contribution in [2.75, 3.05) is 11.9 Å². The molecule has 0 spiro atoms. The molecule has 0 fully saturated rings. The molecule has 0 aromatic carbocycles. The Kier molecular flexibility index (Phi) is 4.70. The van der Waals surface area contributed by atoms with Crippen molar-refractivity contribution in [1.82, 2.24) is 20.1 Å². The Balaban J connectivity index is 2.03. The third-order valence-electron chi connectivity index (χ3n) is 2.98. The van der Waals surface area contributed by atoms with Crippen molar-refractivity contribution in [2.45, 2.75) is 19.9 Å². The summed E-state index contributed by atoms with van der Waals surface area (Å²) in [6.45, 7) is 3.34. The lowest BCUT2D eigenvalue weighted by molar-refractivity contribution is 0.0950. The smallest absolute Gasteiger partial charge is 0.253 e. The largest absolute Gasteiger partial charge is 0.383 e. The van der Waals surface area contributed by atoms with Gasteiger partial charge in [-0.25, -0.2) is 0 Å². The van der Waals surface area contributed by atoms with Crippen LogP contribution in [-0.4, -0.2) is 27.2 Å². The molecule has 0 aliphatic carbocycles. The van der Waals surface area contributed by atoms with Gasteiger partial charge in [0.05, 0.1) is 29.7 Å². The van der Waals surface area contributed by atoms with E-state index in [1.807, 2.05) is 13.1 Å². The zero-order valence-electron chi connectivity index (χ0n) is 11.8. The summed E-state index contributed by atoms with van der Waals surface area (Å²) in [6.07, 6.45) is 6.00. The Bertz CT molecular complexity index is 578. The number of nitrogens with one attached hydrogen (secondary N) is 2. The van der Waals surface area contributed by atoms with Gasteiger partial charge < -0.3 is 10.6 Å². The number of hydrogen-bond donors (Lipinski definition) is 2. The molecular formula is C14H19N5O. The van der Waals surface area contributed by atoms with Crippen molar-refractivity contribution in [3.05, 3.63) is 42.0 Å². The number of amides is 1. The summed E-state index contributed by atoms with van der Waals surface area (Å²) < 4.78 is 1.74. The lowest BCUT2D eigenvalue weighted by atomic mass is 10.2. The number of carbonyl (C=O) groups is 1. The summed E-state index contributed by atoms with van der Waals surface area (Å²) in [5.74, 6) is -0.118. The van der Waals surface area contributed by atoms with Gasteiger partial charge in [0.1, 0.15) is 0 Å². The standard InChI is InChI=1S/C14H19N5O/c1-3-6-16-13-10-15-7-5-12(13)14(20)17-9-11-4-8-18-19(11)2/h4-5,7-8,10,16H,3,6,9H2,1-2H3,(H,17,20). The third-order valence-corrected chi connectivity index (χ3v) is 2.98. The minimum absolute atomic E-state index is 0.118. The van der Waals surface area contributed by atoms with Crippen molar-refractivity contribution >= 4 is 11.6 Å². The molecule has 0 aliphatic heterocycles. The van der Waals surface area contributed by atoms with E-state index in [-0.39, 0.29) is 5.91 Å². The summed E-state index contributed by atoms with van der Waals surface area (Å²) in [4.78, 5) is 16.3. The first-order chi connectivity index (χ1) is 9.72. The number of nitrogens with zero attached hydrogens (tertiary/aromatic N) is 3. The van der Waals surface area contributed by atoms with E-state index in [1.54, 1.807) is 29.3 Å². The highest BCUT2D eigenvalue weighted by atomic mass is 16.1. The molecule has 6 nitrogen and oxygen atoms in total. The van der Waals surface area contributed by atoms with Gasteiger partial charge >= 0.3 is 0 Å². The molecule has 0 saturated heterocycles. The fourth-order valence-corrected chi connectivity index (χ4v) is 1.83. The van der Waals surface area contributed by atoms with E-state index in [9.17, 15) is 4.79 Å². The van der Waals surface area contributed by atoms with Gasteiger partial charge in [-0.3, -0.25) is 14.5 Å². The molecule has 2 aromatic rings. The highest BCUT2D eigenvalue weighted by Gasteiger charge is 2.11. The molecule has 0 atom stereocenters. The molecule has 0 unspecified atom stereocenters. The fraction of sp³-hybridized carbons (Fsp3) is 0.357. The quantitative estimate of drug-likeness (QED) is 0.838. The van der Waals surface area contributed by atoms with Crippen molar-refractivity contribution < 1.29 is 4.79 Å². The van der Waals surface area contributed by atoms with Gasteiger partial charge in [-0.2, -0.15) is 5.10 Å². The average Bonchev–Trinajstić information content (AvgIpc) is 2.88. The molecule has 20 heavy (non-hydrogen) atoms. The molecule has 2 aromatic heterocycles. The lowest BCUT2D eigenvalue weighted by Crippen LogP contribution is -2.25. The number of rotatable bonds is 6. The van der Waals surface area contributed by atoms with Gasteiger partial charge in [-0.1, -0.05) is 6.92 Å². The minimum Gasteiger partial charge on any atom is -0.383 e. The predicted octanol–water partition coefficient (Wildman–Crippen LogP) is 1.57. The molecule has 6 heteroatoms. The van der Waals surface area contributed by atoms with Crippen LogP contribution in [0.25, 0.3) is 0 Å². The summed E-state index contributed by atoms with van der Waals surface area (Å²) in [5.41, 5.74) is 2.32. The topological polar surface area (TPSA) is 71.8 Å². The Morgan fingerprint density at radius 2 is 2.20 bits per heavy atom. The molecule has 2 N–H and O–H groups in total. The second kappa shape index (κ2) is 6.70. The molecule has 2 rings (SSSR count). The number of hydrogen-bond acceptors (Lipinski definition) is 4. The summed E-state index contributed by atoms with van der Waals surface area (Å²) in [7, 11) is 1.85. The average molecular weight is 273 g/mol. The van der Waals surface area contributed by atoms with Crippen molar-refractivity contribution in [3.8, 4) is 0 Å². The molecule has 2 heterocycles. The third kappa shape index (κ3) is 3.34. The molecule has 0 aliphatic rings. The van der Waals surface area contributed by atoms with Crippen LogP contribution >= 0.6 is 0 Å². The second-order valence-electron chi connectivity index (χ2n) is 4.48. The predicted molar refractivity (Wildman–Crippen MR) is 77.4 cm³/mol. The maximum Gasteiger partial charge on any atom is 0.253 e. The van der Waals surface area contributed by atoms with Gasteiger partial charge in [0.25, 0.3) is 5.91 Å². The van der Waals surface area contributed by atoms with E-state index in [2.05, 4.69) is 27.6 Å². The number of carbonyl (C=O) groups excluding carboxylic acids is 1. The van der Waals surface area contributed by atoms with Gasteiger partial charge in [-0.05, 0) is 18.6 Å². The number of aromatic nitrogens is 3. The van der Waals surface area contributed by atoms with Crippen molar-refractivity contribution in [2.24, 2.45) is 7.05 Å². The first-order valence-corrected chi connectivity index (χ1v) is 6.65. The monoisotopic (exact) mass is 273 g/mol. The van der Waals surface area contributed by atoms with Crippen LogP contribution in [0.2, 0.25) is 0 Å². The SMILES string of the molecule is CCCNc1cnccc1C(=O)NCc1ccnn1C. The lowest BCUT2D eigenvalue weighted by Gasteiger charge is -2.11. The Morgan fingerprint density at radius 1 is 1.35 bits per heavy atom. The van der Waals surface area contributed by atoms with E-state index in [1.165, 1.54) is 0 Å². The molecule has 1 amide bonds. The van der Waals surface area contributed by atoms with Crippen LogP contribution in [0, 0.1) is 0 Å². The van der Waals surface area contributed by atoms with E-state index < -0.39 is 0 Å². The van der Waals surface area contributed by atoms with Crippen LogP contribution in [0.4, 0.5) is 5.69 Å². The van der Waals surface area contributed by atoms with Crippen molar-refractivity contribution in [3.63, 3.8) is 0 Å². The normalized spacial score (nSPS) is 10.3. The van der Waals surface area contributed by atoms with Gasteiger partial charge in [-0.15, -0.1) is 0 Å². The maximum atomic E-state index is 12.2. The zero-order valence-corrected chi connectivity index (χ0v) is 11.8. The van der Waals surface area contributed by atoms with Gasteiger partial charge in [0.15, 0.2) is 0 Å². The van der Waals surface area contributed by atoms with E-state index in [0.717, 1.165) is 24.3 Å². The van der Waals surface area contributed by atoms with E-state index >= 15 is 0 Å². The first kappa shape index (κ1) is 14.0. The summed E-state index contributed by atoms with van der Waals surface area (Å²) in [5, 5.41) is 10.2. The molecule has 0 radical (unpaired) electrons. The van der Waals surface area contributed by atoms with Crippen LogP contribution in [0.1, 0.15) is 29.4 Å². The molecule has 106 valence electrons. The van der Waals surface area contributed by atoms with Crippen molar-refractivity contribution in [1.29, 1.82) is 0 Å². The molecule has 0 saturated carbocycles. The number of anilines is 1. The highest BCUT2D eigenvalue weighted by Crippen LogP contribution is 2.13. The van der Waals surface area contributed by atoms with Crippen LogP contribution in [0.15, 0.2) is 30.7 Å². The van der Waals surface area contributed by atoms with Crippen LogP contribution < -0.4 is 10.6 Å². The van der Waals surface area contributed by atoms with Crippen LogP contribution in [-0.2, 0) is 13.6 Å². The number of pyridine rings is 1. The van der Waals surface area contributed by atoms with Gasteiger partial charge in [0.2, 0.25) is 0 Å². The Hall–Kier alpha value is -2.37. The van der Waals surface area contributed by atoms with E-state index in [0.29, 0.717) is 12.1 Å². The zero-order chi connectivity index (χ0) is 14.4. The summed E-state index contributed by atoms with van der Waals surface area (Å²) in [6, 6.07) is 3.60. The fourth-order valence-electron chi connectivity index (χ4n) is 1.83. The number of aryl methyl sites for hydroxylation is 1. The van der Waals surface area contributed by atoms with E-state index in [4.69, 9.17) is 0 Å². The summed E-state index contributed by atoms with van der Waals surface area (Å²) >= 11 is 0.